The van der Waals surface area contributed by atoms with Crippen LogP contribution in [0.4, 0.5) is 0 Å². The van der Waals surface area contributed by atoms with E-state index in [1.165, 1.54) is 12.8 Å². The molecule has 0 saturated heterocycles. The number of methoxy groups -OCH3 is 1. The lowest BCUT2D eigenvalue weighted by atomic mass is 10.3. The number of aryl methyl sites for hydroxylation is 1. The zero-order chi connectivity index (χ0) is 15.5. The van der Waals surface area contributed by atoms with Crippen molar-refractivity contribution in [3.8, 4) is 0 Å². The molecular weight excluding hydrogens is 292 g/mol. The number of furan rings is 1. The molecule has 1 saturated carbocycles. The lowest BCUT2D eigenvalue weighted by Gasteiger charge is -2.15. The predicted octanol–water partition coefficient (Wildman–Crippen LogP) is 1.54. The third-order valence-electron chi connectivity index (χ3n) is 3.54. The standard InChI is InChI=1S/C14H24N2O4S/c1-4-11(9-19-3)16-21(17,18)14-7-13(20-10(14)2)8-15-12-5-6-12/h7,11-12,15-16H,4-6,8-9H2,1-3H3. The molecule has 1 aromatic rings. The molecule has 120 valence electrons. The van der Waals surface area contributed by atoms with Crippen LogP contribution >= 0.6 is 0 Å². The monoisotopic (exact) mass is 316 g/mol. The number of hydrogen-bond acceptors (Lipinski definition) is 5. The van der Waals surface area contributed by atoms with Gasteiger partial charge in [0, 0.05) is 25.3 Å². The summed E-state index contributed by atoms with van der Waals surface area (Å²) in [5.41, 5.74) is 0. The molecule has 0 amide bonds. The summed E-state index contributed by atoms with van der Waals surface area (Å²) >= 11 is 0. The van der Waals surface area contributed by atoms with Crippen LogP contribution in [0.25, 0.3) is 0 Å². The molecule has 0 spiro atoms. The zero-order valence-electron chi connectivity index (χ0n) is 12.8. The van der Waals surface area contributed by atoms with Crippen LogP contribution < -0.4 is 10.0 Å². The van der Waals surface area contributed by atoms with Gasteiger partial charge in [0.15, 0.2) is 0 Å². The Labute approximate surface area is 126 Å². The van der Waals surface area contributed by atoms with Gasteiger partial charge in [-0.1, -0.05) is 6.92 Å². The Morgan fingerprint density at radius 3 is 2.76 bits per heavy atom. The second-order valence-corrected chi connectivity index (χ2v) is 7.15. The summed E-state index contributed by atoms with van der Waals surface area (Å²) in [5.74, 6) is 1.07. The first-order valence-corrected chi connectivity index (χ1v) is 8.78. The molecular formula is C14H24N2O4S. The highest BCUT2D eigenvalue weighted by atomic mass is 32.2. The lowest BCUT2D eigenvalue weighted by molar-refractivity contribution is 0.173. The van der Waals surface area contributed by atoms with Gasteiger partial charge in [-0.3, -0.25) is 0 Å². The molecule has 0 aliphatic heterocycles. The van der Waals surface area contributed by atoms with E-state index in [1.807, 2.05) is 6.92 Å². The number of ether oxygens (including phenoxy) is 1. The summed E-state index contributed by atoms with van der Waals surface area (Å²) in [5, 5.41) is 3.31. The molecule has 1 heterocycles. The van der Waals surface area contributed by atoms with Crippen molar-refractivity contribution in [2.75, 3.05) is 13.7 Å². The van der Waals surface area contributed by atoms with Crippen molar-refractivity contribution in [3.63, 3.8) is 0 Å². The fraction of sp³-hybridized carbons (Fsp3) is 0.714. The summed E-state index contributed by atoms with van der Waals surface area (Å²) in [6, 6.07) is 1.93. The molecule has 7 heteroatoms. The quantitative estimate of drug-likeness (QED) is 0.722. The van der Waals surface area contributed by atoms with Crippen molar-refractivity contribution >= 4 is 10.0 Å². The van der Waals surface area contributed by atoms with E-state index in [0.717, 1.165) is 0 Å². The molecule has 2 N–H and O–H groups in total. The summed E-state index contributed by atoms with van der Waals surface area (Å²) in [6.45, 7) is 4.50. The van der Waals surface area contributed by atoms with Crippen molar-refractivity contribution in [1.82, 2.24) is 10.0 Å². The second-order valence-electron chi connectivity index (χ2n) is 5.47. The van der Waals surface area contributed by atoms with Gasteiger partial charge >= 0.3 is 0 Å². The Bertz CT molecular complexity index is 564. The zero-order valence-corrected chi connectivity index (χ0v) is 13.6. The van der Waals surface area contributed by atoms with Crippen molar-refractivity contribution < 1.29 is 17.6 Å². The van der Waals surface area contributed by atoms with Gasteiger partial charge in [-0.2, -0.15) is 0 Å². The van der Waals surface area contributed by atoms with Gasteiger partial charge < -0.3 is 14.5 Å². The molecule has 1 fully saturated rings. The average molecular weight is 316 g/mol. The Morgan fingerprint density at radius 2 is 2.19 bits per heavy atom. The summed E-state index contributed by atoms with van der Waals surface area (Å²) in [4.78, 5) is 0.213. The summed E-state index contributed by atoms with van der Waals surface area (Å²) in [7, 11) is -2.02. The Balaban J connectivity index is 2.07. The van der Waals surface area contributed by atoms with E-state index in [0.29, 0.717) is 37.1 Å². The van der Waals surface area contributed by atoms with Gasteiger partial charge in [-0.25, -0.2) is 13.1 Å². The maximum Gasteiger partial charge on any atom is 0.244 e. The molecule has 0 aromatic carbocycles. The van der Waals surface area contributed by atoms with Gasteiger partial charge in [0.25, 0.3) is 0 Å². The van der Waals surface area contributed by atoms with Gasteiger partial charge in [0.1, 0.15) is 16.4 Å². The van der Waals surface area contributed by atoms with Crippen LogP contribution in [0, 0.1) is 6.92 Å². The highest BCUT2D eigenvalue weighted by Crippen LogP contribution is 2.23. The summed E-state index contributed by atoms with van der Waals surface area (Å²) < 4.78 is 38.1. The van der Waals surface area contributed by atoms with Crippen molar-refractivity contribution in [3.05, 3.63) is 17.6 Å². The van der Waals surface area contributed by atoms with E-state index < -0.39 is 10.0 Å². The molecule has 21 heavy (non-hydrogen) atoms. The molecule has 1 unspecified atom stereocenters. The van der Waals surface area contributed by atoms with E-state index in [-0.39, 0.29) is 10.9 Å². The van der Waals surface area contributed by atoms with E-state index in [9.17, 15) is 8.42 Å². The highest BCUT2D eigenvalue weighted by molar-refractivity contribution is 7.89. The predicted molar refractivity (Wildman–Crippen MR) is 79.6 cm³/mol. The lowest BCUT2D eigenvalue weighted by Crippen LogP contribution is -2.37. The molecule has 0 radical (unpaired) electrons. The normalized spacial score (nSPS) is 17.1. The first-order chi connectivity index (χ1) is 9.96. The van der Waals surface area contributed by atoms with Crippen LogP contribution in [0.15, 0.2) is 15.4 Å². The topological polar surface area (TPSA) is 80.6 Å². The minimum atomic E-state index is -3.58. The second kappa shape index (κ2) is 6.91. The third-order valence-corrected chi connectivity index (χ3v) is 5.17. The molecule has 1 aliphatic rings. The van der Waals surface area contributed by atoms with Crippen molar-refractivity contribution in [2.24, 2.45) is 0 Å². The fourth-order valence-electron chi connectivity index (χ4n) is 2.13. The largest absolute Gasteiger partial charge is 0.464 e. The van der Waals surface area contributed by atoms with E-state index in [1.54, 1.807) is 20.1 Å². The Hall–Kier alpha value is -0.890. The van der Waals surface area contributed by atoms with E-state index in [2.05, 4.69) is 10.0 Å². The number of sulfonamides is 1. The van der Waals surface area contributed by atoms with Gasteiger partial charge in [0.2, 0.25) is 10.0 Å². The minimum Gasteiger partial charge on any atom is -0.464 e. The van der Waals surface area contributed by atoms with Gasteiger partial charge in [-0.05, 0) is 26.2 Å². The number of rotatable bonds is 9. The Morgan fingerprint density at radius 1 is 1.48 bits per heavy atom. The van der Waals surface area contributed by atoms with Crippen molar-refractivity contribution in [1.29, 1.82) is 0 Å². The first-order valence-electron chi connectivity index (χ1n) is 7.30. The van der Waals surface area contributed by atoms with Crippen LogP contribution in [0.1, 0.15) is 37.7 Å². The highest BCUT2D eigenvalue weighted by Gasteiger charge is 2.25. The van der Waals surface area contributed by atoms with E-state index >= 15 is 0 Å². The molecule has 0 bridgehead atoms. The Kier molecular flexibility index (Phi) is 5.43. The van der Waals surface area contributed by atoms with Crippen LogP contribution in [0.2, 0.25) is 0 Å². The summed E-state index contributed by atoms with van der Waals surface area (Å²) in [6.07, 6.45) is 3.03. The van der Waals surface area contributed by atoms with Crippen LogP contribution in [0.5, 0.6) is 0 Å². The maximum atomic E-state index is 12.4. The fourth-order valence-corrected chi connectivity index (χ4v) is 3.64. The first kappa shape index (κ1) is 16.5. The van der Waals surface area contributed by atoms with Gasteiger partial charge in [0.05, 0.1) is 13.2 Å². The third kappa shape index (κ3) is 4.54. The molecule has 1 atom stereocenters. The molecule has 1 aromatic heterocycles. The average Bonchev–Trinajstić information content (AvgIpc) is 3.18. The molecule has 2 rings (SSSR count). The van der Waals surface area contributed by atoms with Crippen LogP contribution in [-0.4, -0.2) is 34.2 Å². The van der Waals surface area contributed by atoms with E-state index in [4.69, 9.17) is 9.15 Å². The smallest absolute Gasteiger partial charge is 0.244 e. The van der Waals surface area contributed by atoms with Crippen LogP contribution in [0.3, 0.4) is 0 Å². The minimum absolute atomic E-state index is 0.213. The van der Waals surface area contributed by atoms with Crippen molar-refractivity contribution in [2.45, 2.75) is 56.6 Å². The molecule has 1 aliphatic carbocycles. The number of hydrogen-bond donors (Lipinski definition) is 2. The number of nitrogens with one attached hydrogen (secondary N) is 2. The SMILES string of the molecule is CCC(COC)NS(=O)(=O)c1cc(CNC2CC2)oc1C. The van der Waals surface area contributed by atoms with Gasteiger partial charge in [-0.15, -0.1) is 0 Å². The molecule has 6 nitrogen and oxygen atoms in total. The van der Waals surface area contributed by atoms with Crippen LogP contribution in [-0.2, 0) is 21.3 Å². The maximum absolute atomic E-state index is 12.4.